The number of rotatable bonds is 4. The van der Waals surface area contributed by atoms with Gasteiger partial charge in [-0.05, 0) is 43.0 Å². The van der Waals surface area contributed by atoms with Crippen molar-refractivity contribution in [2.24, 2.45) is 5.92 Å². The molecule has 3 aromatic rings. The molecule has 5 rings (SSSR count). The summed E-state index contributed by atoms with van der Waals surface area (Å²) >= 11 is 0. The highest BCUT2D eigenvalue weighted by atomic mass is 19.4. The largest absolute Gasteiger partial charge is 0.417 e. The van der Waals surface area contributed by atoms with Gasteiger partial charge in [-0.3, -0.25) is 4.79 Å². The van der Waals surface area contributed by atoms with E-state index in [9.17, 15) is 22.4 Å². The van der Waals surface area contributed by atoms with Crippen LogP contribution in [0.5, 0.6) is 0 Å². The number of benzene rings is 1. The summed E-state index contributed by atoms with van der Waals surface area (Å²) in [5.41, 5.74) is -0.567. The second kappa shape index (κ2) is 8.34. The monoisotopic (exact) mass is 471 g/mol. The van der Waals surface area contributed by atoms with Gasteiger partial charge in [0.1, 0.15) is 11.6 Å². The minimum absolute atomic E-state index is 0.0738. The average Bonchev–Trinajstić information content (AvgIpc) is 3.44. The van der Waals surface area contributed by atoms with E-state index in [1.54, 1.807) is 24.1 Å². The zero-order valence-electron chi connectivity index (χ0n) is 18.2. The van der Waals surface area contributed by atoms with Crippen LogP contribution in [0.3, 0.4) is 0 Å². The third kappa shape index (κ3) is 3.86. The molecule has 3 heterocycles. The fourth-order valence-corrected chi connectivity index (χ4v) is 5.08. The fraction of sp³-hybridized carbons (Fsp3) is 0.333. The standard InChI is InChI=1S/C24H21F4N5O/c1-32(20-7-6-15(12-31-20)24(26,27)28)18-10-14-11-19(18)33(13-14)23(34)21-16(4-2-5-17(21)25)22-29-8-3-9-30-22/h2-9,12,14,18-19H,10-11,13H2,1H3/t14-,18+,19-/m0/s1. The first-order valence-electron chi connectivity index (χ1n) is 10.9. The van der Waals surface area contributed by atoms with Crippen molar-refractivity contribution in [3.05, 3.63) is 71.9 Å². The average molecular weight is 471 g/mol. The second-order valence-corrected chi connectivity index (χ2v) is 8.68. The quantitative estimate of drug-likeness (QED) is 0.527. The molecule has 2 bridgehead atoms. The molecule has 0 unspecified atom stereocenters. The molecule has 2 aromatic heterocycles. The lowest BCUT2D eigenvalue weighted by Gasteiger charge is -2.39. The van der Waals surface area contributed by atoms with Gasteiger partial charge in [0.2, 0.25) is 0 Å². The van der Waals surface area contributed by atoms with E-state index in [0.717, 1.165) is 25.1 Å². The van der Waals surface area contributed by atoms with Gasteiger partial charge >= 0.3 is 6.18 Å². The summed E-state index contributed by atoms with van der Waals surface area (Å²) in [6, 6.07) is 7.99. The number of piperidine rings is 1. The molecular weight excluding hydrogens is 450 g/mol. The summed E-state index contributed by atoms with van der Waals surface area (Å²) in [6.07, 6.45) is 0.933. The van der Waals surface area contributed by atoms with Crippen LogP contribution < -0.4 is 4.90 Å². The van der Waals surface area contributed by atoms with Crippen molar-refractivity contribution < 1.29 is 22.4 Å². The van der Waals surface area contributed by atoms with E-state index in [0.29, 0.717) is 17.9 Å². The van der Waals surface area contributed by atoms with E-state index >= 15 is 0 Å². The third-order valence-corrected chi connectivity index (χ3v) is 6.68. The molecular formula is C24H21F4N5O. The molecule has 1 aromatic carbocycles. The summed E-state index contributed by atoms with van der Waals surface area (Å²) in [7, 11) is 1.76. The van der Waals surface area contributed by atoms with Crippen molar-refractivity contribution in [1.82, 2.24) is 19.9 Å². The van der Waals surface area contributed by atoms with Gasteiger partial charge in [0, 0.05) is 37.7 Å². The first kappa shape index (κ1) is 22.2. The maximum atomic E-state index is 14.9. The Morgan fingerprint density at radius 1 is 1.06 bits per heavy atom. The van der Waals surface area contributed by atoms with Crippen LogP contribution in [0.25, 0.3) is 11.4 Å². The van der Waals surface area contributed by atoms with Crippen LogP contribution in [0.1, 0.15) is 28.8 Å². The van der Waals surface area contributed by atoms with Gasteiger partial charge in [-0.25, -0.2) is 19.3 Å². The van der Waals surface area contributed by atoms with Crippen molar-refractivity contribution in [1.29, 1.82) is 0 Å². The van der Waals surface area contributed by atoms with E-state index in [-0.39, 0.29) is 29.4 Å². The summed E-state index contributed by atoms with van der Waals surface area (Å²) < 4.78 is 53.6. The molecule has 6 nitrogen and oxygen atoms in total. The van der Waals surface area contributed by atoms with Gasteiger partial charge in [-0.2, -0.15) is 13.2 Å². The number of hydrogen-bond donors (Lipinski definition) is 0. The molecule has 1 aliphatic heterocycles. The molecule has 34 heavy (non-hydrogen) atoms. The van der Waals surface area contributed by atoms with Crippen LogP contribution in [0.2, 0.25) is 0 Å². The predicted molar refractivity (Wildman–Crippen MR) is 116 cm³/mol. The number of hydrogen-bond acceptors (Lipinski definition) is 5. The van der Waals surface area contributed by atoms with E-state index < -0.39 is 23.5 Å². The number of likely N-dealkylation sites (tertiary alicyclic amines) is 1. The zero-order chi connectivity index (χ0) is 24.0. The molecule has 1 saturated heterocycles. The number of carbonyl (C=O) groups excluding carboxylic acids is 1. The summed E-state index contributed by atoms with van der Waals surface area (Å²) in [6.45, 7) is 0.498. The molecule has 2 aliphatic rings. The predicted octanol–water partition coefficient (Wildman–Crippen LogP) is 4.44. The maximum Gasteiger partial charge on any atom is 0.417 e. The smallest absolute Gasteiger partial charge is 0.355 e. The Hall–Kier alpha value is -3.56. The number of halogens is 4. The lowest BCUT2D eigenvalue weighted by Crippen LogP contribution is -2.51. The normalized spacial score (nSPS) is 21.7. The molecule has 1 aliphatic carbocycles. The molecule has 10 heteroatoms. The molecule has 0 N–H and O–H groups in total. The Bertz CT molecular complexity index is 1200. The number of carbonyl (C=O) groups is 1. The van der Waals surface area contributed by atoms with Crippen LogP contribution >= 0.6 is 0 Å². The first-order chi connectivity index (χ1) is 16.2. The Balaban J connectivity index is 1.42. The van der Waals surface area contributed by atoms with Crippen LogP contribution in [-0.4, -0.2) is 51.4 Å². The molecule has 176 valence electrons. The first-order valence-corrected chi connectivity index (χ1v) is 10.9. The number of alkyl halides is 3. The Kier molecular flexibility index (Phi) is 5.45. The lowest BCUT2D eigenvalue weighted by molar-refractivity contribution is -0.137. The van der Waals surface area contributed by atoms with Gasteiger partial charge in [-0.1, -0.05) is 12.1 Å². The Labute approximate surface area is 193 Å². The number of likely N-dealkylation sites (N-methyl/N-ethyl adjacent to an activating group) is 1. The van der Waals surface area contributed by atoms with E-state index in [1.165, 1.54) is 30.6 Å². The Morgan fingerprint density at radius 2 is 1.82 bits per heavy atom. The summed E-state index contributed by atoms with van der Waals surface area (Å²) in [5.74, 6) is -0.211. The highest BCUT2D eigenvalue weighted by Gasteiger charge is 2.49. The molecule has 1 saturated carbocycles. The number of aromatic nitrogens is 3. The van der Waals surface area contributed by atoms with Crippen molar-refractivity contribution in [2.75, 3.05) is 18.5 Å². The van der Waals surface area contributed by atoms with Crippen LogP contribution in [-0.2, 0) is 6.18 Å². The summed E-state index contributed by atoms with van der Waals surface area (Å²) in [4.78, 5) is 29.4. The van der Waals surface area contributed by atoms with Gasteiger partial charge < -0.3 is 9.80 Å². The molecule has 1 amide bonds. The maximum absolute atomic E-state index is 14.9. The van der Waals surface area contributed by atoms with Gasteiger partial charge in [-0.15, -0.1) is 0 Å². The third-order valence-electron chi connectivity index (χ3n) is 6.68. The lowest BCUT2D eigenvalue weighted by atomic mass is 10.0. The van der Waals surface area contributed by atoms with Crippen LogP contribution in [0, 0.1) is 11.7 Å². The molecule has 3 atom stereocenters. The molecule has 2 fully saturated rings. The SMILES string of the molecule is CN(c1ccc(C(F)(F)F)cn1)[C@@H]1C[C@H]2C[C@@H]1N(C(=O)c1c(F)cccc1-c1ncccn1)C2. The molecule has 0 spiro atoms. The van der Waals surface area contributed by atoms with Crippen molar-refractivity contribution in [3.63, 3.8) is 0 Å². The van der Waals surface area contributed by atoms with Gasteiger partial charge in [0.25, 0.3) is 5.91 Å². The van der Waals surface area contributed by atoms with E-state index in [2.05, 4.69) is 15.0 Å². The Morgan fingerprint density at radius 3 is 2.47 bits per heavy atom. The minimum atomic E-state index is -4.46. The second-order valence-electron chi connectivity index (χ2n) is 8.68. The fourth-order valence-electron chi connectivity index (χ4n) is 5.08. The summed E-state index contributed by atoms with van der Waals surface area (Å²) in [5, 5.41) is 0. The van der Waals surface area contributed by atoms with Crippen molar-refractivity contribution >= 4 is 11.7 Å². The van der Waals surface area contributed by atoms with Gasteiger partial charge in [0.05, 0.1) is 23.2 Å². The highest BCUT2D eigenvalue weighted by molar-refractivity contribution is 6.01. The van der Waals surface area contributed by atoms with Crippen LogP contribution in [0.4, 0.5) is 23.4 Å². The van der Waals surface area contributed by atoms with Crippen molar-refractivity contribution in [3.8, 4) is 11.4 Å². The highest BCUT2D eigenvalue weighted by Crippen LogP contribution is 2.42. The van der Waals surface area contributed by atoms with Crippen molar-refractivity contribution in [2.45, 2.75) is 31.1 Å². The zero-order valence-corrected chi connectivity index (χ0v) is 18.2. The number of pyridine rings is 1. The molecule has 0 radical (unpaired) electrons. The number of fused-ring (bicyclic) bond motifs is 2. The van der Waals surface area contributed by atoms with Gasteiger partial charge in [0.15, 0.2) is 5.82 Å². The topological polar surface area (TPSA) is 62.2 Å². The van der Waals surface area contributed by atoms with E-state index in [4.69, 9.17) is 0 Å². The minimum Gasteiger partial charge on any atom is -0.355 e. The number of nitrogens with zero attached hydrogens (tertiary/aromatic N) is 5. The number of amides is 1. The number of anilines is 1. The van der Waals surface area contributed by atoms with E-state index in [1.807, 2.05) is 4.90 Å². The van der Waals surface area contributed by atoms with Crippen LogP contribution in [0.15, 0.2) is 55.0 Å².